The van der Waals surface area contributed by atoms with E-state index in [9.17, 15) is 9.18 Å². The maximum Gasteiger partial charge on any atom is 0.339 e. The number of rotatable bonds is 1. The maximum atomic E-state index is 13.2. The molecule has 0 fully saturated rings. The fraction of sp³-hybridized carbons (Fsp3) is 0. The number of halogens is 2. The molecule has 2 rings (SSSR count). The van der Waals surface area contributed by atoms with Gasteiger partial charge in [-0.3, -0.25) is 4.98 Å². The van der Waals surface area contributed by atoms with Gasteiger partial charge in [-0.1, -0.05) is 12.1 Å². The first-order chi connectivity index (χ1) is 7.11. The molecule has 0 saturated heterocycles. The standard InChI is InChI=1S/C10H5BrFNO2/c11-6-3-1-2-5-8(10(14)15)7(12)4-13-9(5)6/h1-4H,(H,14,15). The normalized spacial score (nSPS) is 10.5. The molecule has 0 atom stereocenters. The Balaban J connectivity index is 2.94. The fourth-order valence-corrected chi connectivity index (χ4v) is 1.85. The average Bonchev–Trinajstić information content (AvgIpc) is 2.17. The molecular formula is C10H5BrFNO2. The van der Waals surface area contributed by atoms with Crippen LogP contribution in [0.4, 0.5) is 4.39 Å². The number of hydrogen-bond acceptors (Lipinski definition) is 2. The second-order valence-corrected chi connectivity index (χ2v) is 3.78. The molecule has 0 aliphatic heterocycles. The Labute approximate surface area is 92.7 Å². The van der Waals surface area contributed by atoms with Gasteiger partial charge in [0.15, 0.2) is 5.82 Å². The Morgan fingerprint density at radius 3 is 2.87 bits per heavy atom. The van der Waals surface area contributed by atoms with Crippen LogP contribution < -0.4 is 0 Å². The summed E-state index contributed by atoms with van der Waals surface area (Å²) in [6.07, 6.45) is 0.913. The van der Waals surface area contributed by atoms with Crippen molar-refractivity contribution in [3.05, 3.63) is 40.2 Å². The number of pyridine rings is 1. The molecule has 0 spiro atoms. The Morgan fingerprint density at radius 1 is 1.47 bits per heavy atom. The first kappa shape index (κ1) is 10.0. The minimum absolute atomic E-state index is 0.289. The number of aromatic carboxylic acids is 1. The molecule has 0 saturated carbocycles. The molecule has 1 N–H and O–H groups in total. The van der Waals surface area contributed by atoms with E-state index in [0.29, 0.717) is 9.99 Å². The predicted octanol–water partition coefficient (Wildman–Crippen LogP) is 2.83. The van der Waals surface area contributed by atoms with Crippen LogP contribution in [-0.4, -0.2) is 16.1 Å². The largest absolute Gasteiger partial charge is 0.478 e. The molecule has 0 amide bonds. The third kappa shape index (κ3) is 1.59. The maximum absolute atomic E-state index is 13.2. The molecule has 15 heavy (non-hydrogen) atoms. The predicted molar refractivity (Wildman–Crippen MR) is 56.4 cm³/mol. The molecule has 0 aliphatic rings. The van der Waals surface area contributed by atoms with Crippen molar-refractivity contribution in [1.29, 1.82) is 0 Å². The van der Waals surface area contributed by atoms with Crippen LogP contribution in [-0.2, 0) is 0 Å². The van der Waals surface area contributed by atoms with E-state index in [2.05, 4.69) is 20.9 Å². The van der Waals surface area contributed by atoms with Crippen molar-refractivity contribution in [3.63, 3.8) is 0 Å². The molecular weight excluding hydrogens is 265 g/mol. The van der Waals surface area contributed by atoms with Crippen molar-refractivity contribution in [2.45, 2.75) is 0 Å². The number of fused-ring (bicyclic) bond motifs is 1. The fourth-order valence-electron chi connectivity index (χ4n) is 1.38. The Kier molecular flexibility index (Phi) is 2.40. The summed E-state index contributed by atoms with van der Waals surface area (Å²) in [7, 11) is 0. The van der Waals surface area contributed by atoms with Crippen molar-refractivity contribution >= 4 is 32.8 Å². The molecule has 3 nitrogen and oxygen atoms in total. The van der Waals surface area contributed by atoms with E-state index in [1.54, 1.807) is 12.1 Å². The van der Waals surface area contributed by atoms with Crippen molar-refractivity contribution in [2.24, 2.45) is 0 Å². The Bertz CT molecular complexity index is 556. The van der Waals surface area contributed by atoms with Crippen LogP contribution in [0.2, 0.25) is 0 Å². The van der Waals surface area contributed by atoms with E-state index in [1.807, 2.05) is 0 Å². The third-order valence-corrected chi connectivity index (χ3v) is 2.66. The second-order valence-electron chi connectivity index (χ2n) is 2.92. The molecule has 5 heteroatoms. The van der Waals surface area contributed by atoms with Crippen LogP contribution in [0.15, 0.2) is 28.9 Å². The molecule has 0 bridgehead atoms. The van der Waals surface area contributed by atoms with Gasteiger partial charge < -0.3 is 5.11 Å². The van der Waals surface area contributed by atoms with Crippen LogP contribution in [0.5, 0.6) is 0 Å². The van der Waals surface area contributed by atoms with Gasteiger partial charge in [0, 0.05) is 9.86 Å². The van der Waals surface area contributed by atoms with Gasteiger partial charge in [0.05, 0.1) is 11.7 Å². The van der Waals surface area contributed by atoms with E-state index in [4.69, 9.17) is 5.11 Å². The highest BCUT2D eigenvalue weighted by Gasteiger charge is 2.16. The van der Waals surface area contributed by atoms with Gasteiger partial charge in [-0.25, -0.2) is 9.18 Å². The summed E-state index contributed by atoms with van der Waals surface area (Å²) < 4.78 is 13.9. The van der Waals surface area contributed by atoms with E-state index >= 15 is 0 Å². The number of nitrogens with zero attached hydrogens (tertiary/aromatic N) is 1. The zero-order chi connectivity index (χ0) is 11.0. The lowest BCUT2D eigenvalue weighted by atomic mass is 10.1. The summed E-state index contributed by atoms with van der Waals surface area (Å²) >= 11 is 3.23. The van der Waals surface area contributed by atoms with E-state index < -0.39 is 11.8 Å². The molecule has 76 valence electrons. The van der Waals surface area contributed by atoms with Gasteiger partial charge >= 0.3 is 5.97 Å². The van der Waals surface area contributed by atoms with Crippen LogP contribution in [0.3, 0.4) is 0 Å². The number of para-hydroxylation sites is 1. The highest BCUT2D eigenvalue weighted by molar-refractivity contribution is 9.10. The van der Waals surface area contributed by atoms with Gasteiger partial charge in [-0.2, -0.15) is 0 Å². The minimum atomic E-state index is -1.29. The highest BCUT2D eigenvalue weighted by atomic mass is 79.9. The third-order valence-electron chi connectivity index (χ3n) is 2.02. The van der Waals surface area contributed by atoms with Crippen molar-refractivity contribution < 1.29 is 14.3 Å². The van der Waals surface area contributed by atoms with Gasteiger partial charge in [0.2, 0.25) is 0 Å². The summed E-state index contributed by atoms with van der Waals surface area (Å²) in [6.45, 7) is 0. The monoisotopic (exact) mass is 269 g/mol. The molecule has 0 unspecified atom stereocenters. The molecule has 2 aromatic rings. The van der Waals surface area contributed by atoms with E-state index in [1.165, 1.54) is 6.07 Å². The number of carboxylic acid groups (broad SMARTS) is 1. The zero-order valence-electron chi connectivity index (χ0n) is 7.37. The number of hydrogen-bond donors (Lipinski definition) is 1. The van der Waals surface area contributed by atoms with Gasteiger partial charge in [-0.05, 0) is 22.0 Å². The molecule has 1 aromatic carbocycles. The first-order valence-electron chi connectivity index (χ1n) is 4.07. The average molecular weight is 270 g/mol. The molecule has 0 aliphatic carbocycles. The molecule has 1 aromatic heterocycles. The molecule has 0 radical (unpaired) electrons. The summed E-state index contributed by atoms with van der Waals surface area (Å²) in [5.41, 5.74) is 0.0950. The summed E-state index contributed by atoms with van der Waals surface area (Å²) in [5.74, 6) is -2.12. The summed E-state index contributed by atoms with van der Waals surface area (Å²) in [5, 5.41) is 9.16. The van der Waals surface area contributed by atoms with Crippen LogP contribution in [0.1, 0.15) is 10.4 Å². The zero-order valence-corrected chi connectivity index (χ0v) is 8.95. The second kappa shape index (κ2) is 3.58. The van der Waals surface area contributed by atoms with Crippen molar-refractivity contribution in [2.75, 3.05) is 0 Å². The minimum Gasteiger partial charge on any atom is -0.478 e. The Hall–Kier alpha value is -1.49. The van der Waals surface area contributed by atoms with Crippen LogP contribution >= 0.6 is 15.9 Å². The SMILES string of the molecule is O=C(O)c1c(F)cnc2c(Br)cccc12. The number of aromatic nitrogens is 1. The topological polar surface area (TPSA) is 50.2 Å². The van der Waals surface area contributed by atoms with Crippen LogP contribution in [0, 0.1) is 5.82 Å². The van der Waals surface area contributed by atoms with E-state index in [0.717, 1.165) is 6.20 Å². The van der Waals surface area contributed by atoms with Crippen molar-refractivity contribution in [1.82, 2.24) is 4.98 Å². The number of carboxylic acids is 1. The number of benzene rings is 1. The lowest BCUT2D eigenvalue weighted by Gasteiger charge is -2.04. The smallest absolute Gasteiger partial charge is 0.339 e. The lowest BCUT2D eigenvalue weighted by Crippen LogP contribution is -2.02. The summed E-state index contributed by atoms with van der Waals surface area (Å²) in [4.78, 5) is 14.7. The van der Waals surface area contributed by atoms with Crippen molar-refractivity contribution in [3.8, 4) is 0 Å². The van der Waals surface area contributed by atoms with Gasteiger partial charge in [0.25, 0.3) is 0 Å². The quantitative estimate of drug-likeness (QED) is 0.866. The van der Waals surface area contributed by atoms with Gasteiger partial charge in [0.1, 0.15) is 5.56 Å². The van der Waals surface area contributed by atoms with Crippen LogP contribution in [0.25, 0.3) is 10.9 Å². The van der Waals surface area contributed by atoms with Gasteiger partial charge in [-0.15, -0.1) is 0 Å². The van der Waals surface area contributed by atoms with E-state index in [-0.39, 0.29) is 10.9 Å². The molecule has 1 heterocycles. The lowest BCUT2D eigenvalue weighted by molar-refractivity contribution is 0.0694. The Morgan fingerprint density at radius 2 is 2.20 bits per heavy atom. The highest BCUT2D eigenvalue weighted by Crippen LogP contribution is 2.25. The number of carbonyl (C=O) groups is 1. The summed E-state index contributed by atoms with van der Waals surface area (Å²) in [6, 6.07) is 4.89. The first-order valence-corrected chi connectivity index (χ1v) is 4.86.